The first-order chi connectivity index (χ1) is 7.36. The van der Waals surface area contributed by atoms with Crippen LogP contribution in [-0.4, -0.2) is 24.6 Å². The molecule has 0 aromatic carbocycles. The molecule has 1 aliphatic rings. The normalized spacial score (nSPS) is 16.6. The Hall–Kier alpha value is -0.510. The lowest BCUT2D eigenvalue weighted by Crippen LogP contribution is -2.31. The van der Waals surface area contributed by atoms with Gasteiger partial charge in [0.25, 0.3) is 0 Å². The van der Waals surface area contributed by atoms with Gasteiger partial charge in [0, 0.05) is 12.7 Å². The van der Waals surface area contributed by atoms with E-state index in [1.165, 1.54) is 12.8 Å². The van der Waals surface area contributed by atoms with Crippen LogP contribution in [-0.2, 0) is 0 Å². The van der Waals surface area contributed by atoms with E-state index in [-0.39, 0.29) is 12.4 Å². The molecule has 5 heteroatoms. The summed E-state index contributed by atoms with van der Waals surface area (Å²) in [6.07, 6.45) is 4.23. The molecule has 1 aliphatic heterocycles. The smallest absolute Gasteiger partial charge is 0.144 e. The Labute approximate surface area is 107 Å². The van der Waals surface area contributed by atoms with Gasteiger partial charge in [0.2, 0.25) is 0 Å². The Morgan fingerprint density at radius 2 is 2.19 bits per heavy atom. The van der Waals surface area contributed by atoms with Crippen LogP contribution in [0.25, 0.3) is 0 Å². The van der Waals surface area contributed by atoms with Crippen LogP contribution in [0.4, 0.5) is 5.82 Å². The highest BCUT2D eigenvalue weighted by Crippen LogP contribution is 2.19. The summed E-state index contributed by atoms with van der Waals surface area (Å²) in [5.74, 6) is 1.54. The molecular formula is C11H17Cl2N3. The first kappa shape index (κ1) is 13.6. The molecule has 1 aromatic rings. The van der Waals surface area contributed by atoms with Gasteiger partial charge in [-0.3, -0.25) is 0 Å². The molecular weight excluding hydrogens is 245 g/mol. The first-order valence-corrected chi connectivity index (χ1v) is 5.79. The van der Waals surface area contributed by atoms with E-state index in [0.29, 0.717) is 5.02 Å². The molecule has 0 unspecified atom stereocenters. The van der Waals surface area contributed by atoms with Crippen LogP contribution in [0.2, 0.25) is 5.02 Å². The lowest BCUT2D eigenvalue weighted by molar-refractivity contribution is 0.389. The van der Waals surface area contributed by atoms with Gasteiger partial charge in [-0.25, -0.2) is 4.98 Å². The number of halogens is 2. The zero-order valence-corrected chi connectivity index (χ0v) is 10.7. The predicted molar refractivity (Wildman–Crippen MR) is 70.6 cm³/mol. The minimum atomic E-state index is 0. The van der Waals surface area contributed by atoms with Crippen molar-refractivity contribution in [3.8, 4) is 0 Å². The second-order valence-electron chi connectivity index (χ2n) is 3.91. The number of rotatable bonds is 3. The minimum absolute atomic E-state index is 0. The molecule has 1 saturated heterocycles. The molecule has 2 N–H and O–H groups in total. The number of hydrogen-bond donors (Lipinski definition) is 2. The maximum Gasteiger partial charge on any atom is 0.144 e. The van der Waals surface area contributed by atoms with E-state index in [4.69, 9.17) is 11.6 Å². The molecule has 1 aromatic heterocycles. The quantitative estimate of drug-likeness (QED) is 0.879. The summed E-state index contributed by atoms with van der Waals surface area (Å²) in [6.45, 7) is 3.23. The highest BCUT2D eigenvalue weighted by atomic mass is 35.5. The molecule has 0 spiro atoms. The van der Waals surface area contributed by atoms with Gasteiger partial charge in [0.15, 0.2) is 0 Å². The van der Waals surface area contributed by atoms with Gasteiger partial charge in [0.1, 0.15) is 5.82 Å². The summed E-state index contributed by atoms with van der Waals surface area (Å²) < 4.78 is 0. The maximum absolute atomic E-state index is 6.00. The lowest BCUT2D eigenvalue weighted by Gasteiger charge is -2.23. The molecule has 1 fully saturated rings. The molecule has 90 valence electrons. The number of nitrogens with zero attached hydrogens (tertiary/aromatic N) is 1. The van der Waals surface area contributed by atoms with Crippen molar-refractivity contribution in [2.75, 3.05) is 25.0 Å². The number of hydrogen-bond acceptors (Lipinski definition) is 3. The molecule has 0 saturated carbocycles. The standard InChI is InChI=1S/C11H16ClN3.ClH/c12-10-2-1-5-14-11(10)15-8-9-3-6-13-7-4-9;/h1-2,5,9,13H,3-4,6-8H2,(H,14,15);1H. The van der Waals surface area contributed by atoms with Gasteiger partial charge in [-0.1, -0.05) is 11.6 Å². The molecule has 2 rings (SSSR count). The number of aromatic nitrogens is 1. The van der Waals surface area contributed by atoms with Crippen LogP contribution >= 0.6 is 24.0 Å². The van der Waals surface area contributed by atoms with Crippen LogP contribution < -0.4 is 10.6 Å². The first-order valence-electron chi connectivity index (χ1n) is 5.41. The highest BCUT2D eigenvalue weighted by Gasteiger charge is 2.12. The van der Waals surface area contributed by atoms with E-state index in [9.17, 15) is 0 Å². The van der Waals surface area contributed by atoms with Crippen LogP contribution in [0.5, 0.6) is 0 Å². The summed E-state index contributed by atoms with van der Waals surface area (Å²) >= 11 is 6.00. The molecule has 0 radical (unpaired) electrons. The summed E-state index contributed by atoms with van der Waals surface area (Å²) in [7, 11) is 0. The van der Waals surface area contributed by atoms with Crippen LogP contribution in [0.1, 0.15) is 12.8 Å². The molecule has 3 nitrogen and oxygen atoms in total. The van der Waals surface area contributed by atoms with Crippen molar-refractivity contribution in [3.63, 3.8) is 0 Å². The summed E-state index contributed by atoms with van der Waals surface area (Å²) in [5.41, 5.74) is 0. The zero-order chi connectivity index (χ0) is 10.5. The van der Waals surface area contributed by atoms with Gasteiger partial charge >= 0.3 is 0 Å². The fourth-order valence-corrected chi connectivity index (χ4v) is 2.03. The van der Waals surface area contributed by atoms with E-state index in [2.05, 4.69) is 15.6 Å². The van der Waals surface area contributed by atoms with E-state index < -0.39 is 0 Å². The summed E-state index contributed by atoms with van der Waals surface area (Å²) in [6, 6.07) is 3.71. The molecule has 0 amide bonds. The van der Waals surface area contributed by atoms with E-state index >= 15 is 0 Å². The Bertz CT molecular complexity index is 314. The Balaban J connectivity index is 0.00000128. The third kappa shape index (κ3) is 3.81. The van der Waals surface area contributed by atoms with E-state index in [0.717, 1.165) is 31.4 Å². The van der Waals surface area contributed by atoms with Crippen LogP contribution in [0.15, 0.2) is 18.3 Å². The third-order valence-electron chi connectivity index (χ3n) is 2.78. The molecule has 0 aliphatic carbocycles. The second kappa shape index (κ2) is 6.94. The van der Waals surface area contributed by atoms with Crippen molar-refractivity contribution < 1.29 is 0 Å². The predicted octanol–water partition coefficient (Wildman–Crippen LogP) is 2.57. The Morgan fingerprint density at radius 3 is 2.88 bits per heavy atom. The Kier molecular flexibility index (Phi) is 5.88. The molecule has 0 atom stereocenters. The fourth-order valence-electron chi connectivity index (χ4n) is 1.84. The van der Waals surface area contributed by atoms with Crippen molar-refractivity contribution in [1.29, 1.82) is 0 Å². The van der Waals surface area contributed by atoms with Crippen molar-refractivity contribution in [2.24, 2.45) is 5.92 Å². The van der Waals surface area contributed by atoms with Gasteiger partial charge in [-0.15, -0.1) is 12.4 Å². The number of nitrogens with one attached hydrogen (secondary N) is 2. The fraction of sp³-hybridized carbons (Fsp3) is 0.545. The number of anilines is 1. The van der Waals surface area contributed by atoms with Crippen molar-refractivity contribution in [1.82, 2.24) is 10.3 Å². The third-order valence-corrected chi connectivity index (χ3v) is 3.08. The van der Waals surface area contributed by atoms with E-state index in [1.807, 2.05) is 12.1 Å². The SMILES string of the molecule is Cl.Clc1cccnc1NCC1CCNCC1. The maximum atomic E-state index is 6.00. The highest BCUT2D eigenvalue weighted by molar-refractivity contribution is 6.32. The average molecular weight is 262 g/mol. The average Bonchev–Trinajstić information content (AvgIpc) is 2.29. The van der Waals surface area contributed by atoms with Crippen molar-refractivity contribution >= 4 is 29.8 Å². The molecule has 2 heterocycles. The number of piperidine rings is 1. The largest absolute Gasteiger partial charge is 0.369 e. The topological polar surface area (TPSA) is 37.0 Å². The summed E-state index contributed by atoms with van der Waals surface area (Å²) in [5, 5.41) is 7.37. The second-order valence-corrected chi connectivity index (χ2v) is 4.32. The zero-order valence-electron chi connectivity index (χ0n) is 9.08. The van der Waals surface area contributed by atoms with Gasteiger partial charge in [0.05, 0.1) is 5.02 Å². The lowest BCUT2D eigenvalue weighted by atomic mass is 9.98. The number of pyridine rings is 1. The minimum Gasteiger partial charge on any atom is -0.369 e. The Morgan fingerprint density at radius 1 is 1.44 bits per heavy atom. The van der Waals surface area contributed by atoms with Crippen molar-refractivity contribution in [2.45, 2.75) is 12.8 Å². The monoisotopic (exact) mass is 261 g/mol. The van der Waals surface area contributed by atoms with Crippen LogP contribution in [0.3, 0.4) is 0 Å². The van der Waals surface area contributed by atoms with Gasteiger partial charge < -0.3 is 10.6 Å². The molecule has 0 bridgehead atoms. The van der Waals surface area contributed by atoms with E-state index in [1.54, 1.807) is 6.20 Å². The summed E-state index contributed by atoms with van der Waals surface area (Å²) in [4.78, 5) is 4.20. The van der Waals surface area contributed by atoms with Crippen molar-refractivity contribution in [3.05, 3.63) is 23.4 Å². The van der Waals surface area contributed by atoms with Crippen LogP contribution in [0, 0.1) is 5.92 Å². The van der Waals surface area contributed by atoms with Gasteiger partial charge in [-0.2, -0.15) is 0 Å². The van der Waals surface area contributed by atoms with Gasteiger partial charge in [-0.05, 0) is 44.0 Å². The molecule has 16 heavy (non-hydrogen) atoms.